The highest BCUT2D eigenvalue weighted by molar-refractivity contribution is 5.77. The predicted molar refractivity (Wildman–Crippen MR) is 78.1 cm³/mol. The van der Waals surface area contributed by atoms with Crippen LogP contribution in [0.4, 0.5) is 4.79 Å². The Hall–Kier alpha value is -1.30. The highest BCUT2D eigenvalue weighted by Gasteiger charge is 2.33. The number of carbonyl (C=O) groups is 2. The van der Waals surface area contributed by atoms with Crippen LogP contribution in [0, 0.1) is 11.8 Å². The number of likely N-dealkylation sites (tertiary alicyclic amines) is 1. The molecular formula is C15H26N2O4. The Morgan fingerprint density at radius 2 is 2.19 bits per heavy atom. The number of rotatable bonds is 4. The van der Waals surface area contributed by atoms with E-state index in [1.165, 1.54) is 0 Å². The Labute approximate surface area is 125 Å². The van der Waals surface area contributed by atoms with Crippen LogP contribution in [0.5, 0.6) is 0 Å². The summed E-state index contributed by atoms with van der Waals surface area (Å²) in [5.74, 6) is -1.05. The molecule has 0 saturated carbocycles. The first-order valence-corrected chi connectivity index (χ1v) is 7.91. The molecule has 4 unspecified atom stereocenters. The zero-order chi connectivity index (χ0) is 15.4. The molecule has 2 fully saturated rings. The van der Waals surface area contributed by atoms with Gasteiger partial charge in [0.25, 0.3) is 0 Å². The van der Waals surface area contributed by atoms with Crippen LogP contribution in [-0.2, 0) is 9.53 Å². The summed E-state index contributed by atoms with van der Waals surface area (Å²) in [6.45, 7) is 5.71. The van der Waals surface area contributed by atoms with E-state index in [1.54, 1.807) is 4.90 Å². The average molecular weight is 298 g/mol. The first kappa shape index (κ1) is 16.1. The van der Waals surface area contributed by atoms with Gasteiger partial charge in [0, 0.05) is 19.7 Å². The van der Waals surface area contributed by atoms with Gasteiger partial charge in [0.15, 0.2) is 0 Å². The minimum absolute atomic E-state index is 0.0144. The smallest absolute Gasteiger partial charge is 0.317 e. The van der Waals surface area contributed by atoms with E-state index in [4.69, 9.17) is 4.74 Å². The van der Waals surface area contributed by atoms with Gasteiger partial charge < -0.3 is 20.1 Å². The molecule has 2 rings (SSSR count). The third-order valence-corrected chi connectivity index (χ3v) is 4.46. The molecular weight excluding hydrogens is 272 g/mol. The van der Waals surface area contributed by atoms with Gasteiger partial charge in [-0.1, -0.05) is 13.8 Å². The zero-order valence-corrected chi connectivity index (χ0v) is 12.9. The number of carboxylic acids is 1. The summed E-state index contributed by atoms with van der Waals surface area (Å²) in [6, 6.07) is -0.143. The lowest BCUT2D eigenvalue weighted by atomic mass is 9.91. The van der Waals surface area contributed by atoms with Crippen molar-refractivity contribution >= 4 is 12.0 Å². The van der Waals surface area contributed by atoms with Crippen molar-refractivity contribution in [2.45, 2.75) is 51.7 Å². The highest BCUT2D eigenvalue weighted by atomic mass is 16.5. The number of piperidine rings is 1. The van der Waals surface area contributed by atoms with Crippen molar-refractivity contribution < 1.29 is 19.4 Å². The minimum atomic E-state index is -0.814. The Kier molecular flexibility index (Phi) is 5.45. The number of aliphatic carboxylic acids is 1. The Morgan fingerprint density at radius 1 is 1.43 bits per heavy atom. The van der Waals surface area contributed by atoms with Crippen LogP contribution >= 0.6 is 0 Å². The van der Waals surface area contributed by atoms with Crippen LogP contribution in [-0.4, -0.2) is 53.8 Å². The van der Waals surface area contributed by atoms with Crippen molar-refractivity contribution in [1.82, 2.24) is 10.2 Å². The molecule has 2 heterocycles. The van der Waals surface area contributed by atoms with Crippen molar-refractivity contribution in [2.75, 3.05) is 19.7 Å². The molecule has 0 bridgehead atoms. The number of urea groups is 1. The van der Waals surface area contributed by atoms with Crippen LogP contribution in [0.2, 0.25) is 0 Å². The van der Waals surface area contributed by atoms with Gasteiger partial charge in [-0.25, -0.2) is 4.79 Å². The number of amides is 2. The summed E-state index contributed by atoms with van der Waals surface area (Å²) in [6.07, 6.45) is 3.58. The summed E-state index contributed by atoms with van der Waals surface area (Å²) >= 11 is 0. The molecule has 0 aromatic rings. The third-order valence-electron chi connectivity index (χ3n) is 4.46. The Balaban J connectivity index is 1.93. The normalized spacial score (nSPS) is 31.0. The fourth-order valence-electron chi connectivity index (χ4n) is 3.32. The molecule has 2 amide bonds. The maximum Gasteiger partial charge on any atom is 0.317 e. The summed E-state index contributed by atoms with van der Waals surface area (Å²) < 4.78 is 5.65. The summed E-state index contributed by atoms with van der Waals surface area (Å²) in [5, 5.41) is 12.2. The molecule has 0 spiro atoms. The number of nitrogens with zero attached hydrogens (tertiary/aromatic N) is 1. The van der Waals surface area contributed by atoms with Gasteiger partial charge in [0.2, 0.25) is 0 Å². The van der Waals surface area contributed by atoms with Crippen molar-refractivity contribution in [1.29, 1.82) is 0 Å². The molecule has 0 radical (unpaired) electrons. The highest BCUT2D eigenvalue weighted by Crippen LogP contribution is 2.23. The number of carbonyl (C=O) groups excluding carboxylic acids is 1. The monoisotopic (exact) mass is 298 g/mol. The van der Waals surface area contributed by atoms with Gasteiger partial charge >= 0.3 is 12.0 Å². The second-order valence-electron chi connectivity index (χ2n) is 6.30. The molecule has 6 nitrogen and oxygen atoms in total. The fraction of sp³-hybridized carbons (Fsp3) is 0.867. The first-order chi connectivity index (χ1) is 10.0. The Morgan fingerprint density at radius 3 is 2.76 bits per heavy atom. The van der Waals surface area contributed by atoms with Crippen LogP contribution in [0.25, 0.3) is 0 Å². The van der Waals surface area contributed by atoms with E-state index < -0.39 is 11.9 Å². The lowest BCUT2D eigenvalue weighted by molar-refractivity contribution is -0.143. The van der Waals surface area contributed by atoms with E-state index in [0.717, 1.165) is 25.9 Å². The maximum absolute atomic E-state index is 12.4. The second kappa shape index (κ2) is 7.11. The van der Waals surface area contributed by atoms with Gasteiger partial charge in [-0.05, 0) is 31.6 Å². The largest absolute Gasteiger partial charge is 0.481 e. The van der Waals surface area contributed by atoms with Crippen molar-refractivity contribution in [3.63, 3.8) is 0 Å². The van der Waals surface area contributed by atoms with Gasteiger partial charge in [-0.3, -0.25) is 4.79 Å². The summed E-state index contributed by atoms with van der Waals surface area (Å²) in [4.78, 5) is 25.2. The van der Waals surface area contributed by atoms with Gasteiger partial charge in [0.1, 0.15) is 0 Å². The lowest BCUT2D eigenvalue weighted by Crippen LogP contribution is -2.53. The van der Waals surface area contributed by atoms with Crippen molar-refractivity contribution in [3.05, 3.63) is 0 Å². The lowest BCUT2D eigenvalue weighted by Gasteiger charge is -2.36. The number of hydrogen-bond donors (Lipinski definition) is 2. The number of hydrogen-bond acceptors (Lipinski definition) is 3. The van der Waals surface area contributed by atoms with E-state index >= 15 is 0 Å². The number of carboxylic acid groups (broad SMARTS) is 1. The van der Waals surface area contributed by atoms with Crippen LogP contribution in [0.3, 0.4) is 0 Å². The quantitative estimate of drug-likeness (QED) is 0.828. The van der Waals surface area contributed by atoms with E-state index in [-0.39, 0.29) is 24.1 Å². The van der Waals surface area contributed by atoms with Gasteiger partial charge in [0.05, 0.1) is 18.1 Å². The molecule has 21 heavy (non-hydrogen) atoms. The van der Waals surface area contributed by atoms with E-state index in [1.807, 2.05) is 13.8 Å². The van der Waals surface area contributed by atoms with Crippen LogP contribution < -0.4 is 5.32 Å². The van der Waals surface area contributed by atoms with Crippen molar-refractivity contribution in [2.24, 2.45) is 11.8 Å². The maximum atomic E-state index is 12.4. The first-order valence-electron chi connectivity index (χ1n) is 7.91. The molecule has 0 aliphatic carbocycles. The Bertz CT molecular complexity index is 382. The molecule has 0 aromatic carbocycles. The SMILES string of the molecule is CCC(NC(=O)N1CC(C)CC(C(=O)O)C1)C1CCCO1. The molecule has 2 N–H and O–H groups in total. The number of nitrogens with one attached hydrogen (secondary N) is 1. The molecule has 2 aliphatic rings. The average Bonchev–Trinajstić information content (AvgIpc) is 2.97. The second-order valence-corrected chi connectivity index (χ2v) is 6.30. The fourth-order valence-corrected chi connectivity index (χ4v) is 3.32. The molecule has 0 aromatic heterocycles. The molecule has 2 saturated heterocycles. The topological polar surface area (TPSA) is 78.9 Å². The van der Waals surface area contributed by atoms with Gasteiger partial charge in [-0.15, -0.1) is 0 Å². The van der Waals surface area contributed by atoms with Crippen LogP contribution in [0.15, 0.2) is 0 Å². The molecule has 6 heteroatoms. The number of ether oxygens (including phenoxy) is 1. The van der Waals surface area contributed by atoms with E-state index in [0.29, 0.717) is 19.5 Å². The summed E-state index contributed by atoms with van der Waals surface area (Å²) in [5.41, 5.74) is 0. The van der Waals surface area contributed by atoms with Crippen LogP contribution in [0.1, 0.15) is 39.5 Å². The molecule has 2 aliphatic heterocycles. The summed E-state index contributed by atoms with van der Waals surface area (Å²) in [7, 11) is 0. The predicted octanol–water partition coefficient (Wildman–Crippen LogP) is 1.70. The third kappa shape index (κ3) is 4.09. The van der Waals surface area contributed by atoms with Crippen molar-refractivity contribution in [3.8, 4) is 0 Å². The van der Waals surface area contributed by atoms with E-state index in [9.17, 15) is 14.7 Å². The minimum Gasteiger partial charge on any atom is -0.481 e. The standard InChI is InChI=1S/C15H26N2O4/c1-3-12(13-5-4-6-21-13)16-15(20)17-8-10(2)7-11(9-17)14(18)19/h10-13H,3-9H2,1-2H3,(H,16,20)(H,18,19). The zero-order valence-electron chi connectivity index (χ0n) is 12.9. The van der Waals surface area contributed by atoms with E-state index in [2.05, 4.69) is 5.32 Å². The van der Waals surface area contributed by atoms with Gasteiger partial charge in [-0.2, -0.15) is 0 Å². The molecule has 4 atom stereocenters. The molecule has 120 valence electrons.